The van der Waals surface area contributed by atoms with E-state index in [4.69, 9.17) is 14.4 Å². The normalized spacial score (nSPS) is 17.6. The summed E-state index contributed by atoms with van der Waals surface area (Å²) in [4.78, 5) is 35.5. The van der Waals surface area contributed by atoms with E-state index in [2.05, 4.69) is 19.7 Å². The first-order chi connectivity index (χ1) is 19.7. The molecule has 5 rings (SSSR count). The number of alkyl halides is 3. The Balaban J connectivity index is 1.21. The van der Waals surface area contributed by atoms with Crippen molar-refractivity contribution in [3.8, 4) is 34.5 Å². The standard InChI is InChI=1S/C27H28F3N5O6/c1-38-20-4-5-21(19-14-32-26(33-15-19)39-16-27(28,29)30)23(11-20)40-34-6-8-35(9-7-34)41-24-12-22-17(10-25(36)37)2-3-18(22)13-31-24/h4-5,11-15,17H,2-3,6-10,16H2,1H3,(H,36,37). The van der Waals surface area contributed by atoms with Crippen LogP contribution in [0.4, 0.5) is 13.2 Å². The molecule has 3 heterocycles. The van der Waals surface area contributed by atoms with Gasteiger partial charge in [0, 0.05) is 41.9 Å². The van der Waals surface area contributed by atoms with Gasteiger partial charge < -0.3 is 24.3 Å². The molecule has 1 aliphatic carbocycles. The number of nitrogens with zero attached hydrogens (tertiary/aromatic N) is 5. The third-order valence-electron chi connectivity index (χ3n) is 6.76. The van der Waals surface area contributed by atoms with Gasteiger partial charge in [0.05, 0.1) is 39.7 Å². The maximum Gasteiger partial charge on any atom is 0.422 e. The molecule has 1 aliphatic heterocycles. The monoisotopic (exact) mass is 575 g/mol. The minimum Gasteiger partial charge on any atom is -0.497 e. The lowest BCUT2D eigenvalue weighted by atomic mass is 9.99. The molecule has 41 heavy (non-hydrogen) atoms. The molecular weight excluding hydrogens is 547 g/mol. The van der Waals surface area contributed by atoms with Gasteiger partial charge in [-0.2, -0.15) is 13.2 Å². The highest BCUT2D eigenvalue weighted by molar-refractivity contribution is 5.70. The van der Waals surface area contributed by atoms with E-state index < -0.39 is 18.8 Å². The number of hydroxylamine groups is 4. The highest BCUT2D eigenvalue weighted by Gasteiger charge is 2.29. The van der Waals surface area contributed by atoms with Crippen molar-refractivity contribution < 1.29 is 42.2 Å². The number of halogens is 3. The van der Waals surface area contributed by atoms with E-state index in [0.717, 1.165) is 24.0 Å². The average Bonchev–Trinajstić information content (AvgIpc) is 3.34. The number of carbonyl (C=O) groups is 1. The highest BCUT2D eigenvalue weighted by atomic mass is 19.4. The quantitative estimate of drug-likeness (QED) is 0.379. The Bertz CT molecular complexity index is 1370. The predicted octanol–water partition coefficient (Wildman–Crippen LogP) is 3.90. The first-order valence-corrected chi connectivity index (χ1v) is 12.9. The zero-order valence-electron chi connectivity index (χ0n) is 22.1. The SMILES string of the molecule is COc1ccc(-c2cnc(OCC(F)(F)F)nc2)c(ON2CCN(Oc3cc4c(cn3)CCC4CC(=O)O)CC2)c1. The van der Waals surface area contributed by atoms with E-state index in [1.165, 1.54) is 19.5 Å². The van der Waals surface area contributed by atoms with Gasteiger partial charge in [0.2, 0.25) is 5.88 Å². The number of benzene rings is 1. The Kier molecular flexibility index (Phi) is 8.40. The van der Waals surface area contributed by atoms with Gasteiger partial charge in [-0.25, -0.2) is 15.0 Å². The molecule has 0 amide bonds. The van der Waals surface area contributed by atoms with Crippen LogP contribution in [0.15, 0.2) is 42.9 Å². The number of methoxy groups -OCH3 is 1. The Morgan fingerprint density at radius 1 is 1.02 bits per heavy atom. The molecule has 1 atom stereocenters. The zero-order valence-corrected chi connectivity index (χ0v) is 22.1. The van der Waals surface area contributed by atoms with Crippen LogP contribution in [0.2, 0.25) is 0 Å². The summed E-state index contributed by atoms with van der Waals surface area (Å²) < 4.78 is 47.2. The molecule has 2 aliphatic rings. The third-order valence-corrected chi connectivity index (χ3v) is 6.76. The van der Waals surface area contributed by atoms with Crippen molar-refractivity contribution in [3.63, 3.8) is 0 Å². The molecule has 0 bridgehead atoms. The van der Waals surface area contributed by atoms with Crippen molar-refractivity contribution in [2.75, 3.05) is 39.9 Å². The Morgan fingerprint density at radius 3 is 2.39 bits per heavy atom. The number of ether oxygens (including phenoxy) is 2. The first-order valence-electron chi connectivity index (χ1n) is 12.9. The van der Waals surface area contributed by atoms with Gasteiger partial charge in [-0.1, -0.05) is 0 Å². The number of rotatable bonds is 10. The second-order valence-electron chi connectivity index (χ2n) is 9.62. The van der Waals surface area contributed by atoms with Gasteiger partial charge in [-0.05, 0) is 42.0 Å². The van der Waals surface area contributed by atoms with E-state index in [-0.39, 0.29) is 18.3 Å². The van der Waals surface area contributed by atoms with Crippen molar-refractivity contribution >= 4 is 5.97 Å². The number of carboxylic acids is 1. The lowest BCUT2D eigenvalue weighted by molar-refractivity contribution is -0.155. The zero-order chi connectivity index (χ0) is 29.0. The summed E-state index contributed by atoms with van der Waals surface area (Å²) >= 11 is 0. The maximum absolute atomic E-state index is 12.4. The average molecular weight is 576 g/mol. The molecule has 0 saturated carbocycles. The topological polar surface area (TPSA) is 119 Å². The van der Waals surface area contributed by atoms with Crippen LogP contribution >= 0.6 is 0 Å². The fourth-order valence-electron chi connectivity index (χ4n) is 4.77. The molecule has 218 valence electrons. The molecule has 2 aromatic heterocycles. The van der Waals surface area contributed by atoms with Crippen molar-refractivity contribution in [2.24, 2.45) is 0 Å². The van der Waals surface area contributed by atoms with Crippen LogP contribution in [-0.2, 0) is 11.2 Å². The van der Waals surface area contributed by atoms with Crippen LogP contribution in [0.25, 0.3) is 11.1 Å². The molecule has 1 unspecified atom stereocenters. The van der Waals surface area contributed by atoms with Gasteiger partial charge in [0.1, 0.15) is 5.75 Å². The summed E-state index contributed by atoms with van der Waals surface area (Å²) in [5, 5.41) is 12.7. The lowest BCUT2D eigenvalue weighted by Gasteiger charge is -2.33. The first kappa shape index (κ1) is 28.4. The second-order valence-corrected chi connectivity index (χ2v) is 9.62. The number of hydrogen-bond acceptors (Lipinski definition) is 10. The van der Waals surface area contributed by atoms with E-state index in [0.29, 0.717) is 54.7 Å². The number of fused-ring (bicyclic) bond motifs is 1. The number of piperazine rings is 1. The summed E-state index contributed by atoms with van der Waals surface area (Å²) in [6.07, 6.45) is 1.68. The Hall–Kier alpha value is -4.17. The second kappa shape index (κ2) is 12.1. The molecule has 0 spiro atoms. The van der Waals surface area contributed by atoms with Crippen LogP contribution < -0.4 is 19.1 Å². The lowest BCUT2D eigenvalue weighted by Crippen LogP contribution is -2.48. The van der Waals surface area contributed by atoms with Crippen LogP contribution in [0, 0.1) is 0 Å². The molecule has 1 saturated heterocycles. The van der Waals surface area contributed by atoms with Gasteiger partial charge in [-0.15, -0.1) is 10.1 Å². The molecule has 1 fully saturated rings. The maximum atomic E-state index is 12.4. The van der Waals surface area contributed by atoms with E-state index in [9.17, 15) is 23.1 Å². The summed E-state index contributed by atoms with van der Waals surface area (Å²) in [7, 11) is 1.53. The van der Waals surface area contributed by atoms with Gasteiger partial charge in [-0.3, -0.25) is 4.79 Å². The van der Waals surface area contributed by atoms with Gasteiger partial charge in [0.25, 0.3) is 0 Å². The fraction of sp³-hybridized carbons (Fsp3) is 0.407. The molecule has 14 heteroatoms. The largest absolute Gasteiger partial charge is 0.497 e. The minimum absolute atomic E-state index is 0.0378. The molecule has 3 aromatic rings. The van der Waals surface area contributed by atoms with Crippen LogP contribution in [0.1, 0.15) is 29.9 Å². The third kappa shape index (κ3) is 7.32. The number of hydrogen-bond donors (Lipinski definition) is 1. The van der Waals surface area contributed by atoms with E-state index in [1.54, 1.807) is 34.5 Å². The summed E-state index contributed by atoms with van der Waals surface area (Å²) in [5.41, 5.74) is 3.18. The molecular formula is C27H28F3N5O6. The number of aromatic nitrogens is 3. The Labute approximate surface area is 233 Å². The number of pyridine rings is 1. The number of aryl methyl sites for hydroxylation is 1. The van der Waals surface area contributed by atoms with Crippen molar-refractivity contribution in [2.45, 2.75) is 31.4 Å². The number of aliphatic carboxylic acids is 1. The summed E-state index contributed by atoms with van der Waals surface area (Å²) in [5.74, 6) is 0.575. The van der Waals surface area contributed by atoms with E-state index >= 15 is 0 Å². The smallest absolute Gasteiger partial charge is 0.422 e. The number of carboxylic acid groups (broad SMARTS) is 1. The van der Waals surface area contributed by atoms with E-state index in [1.807, 2.05) is 6.07 Å². The summed E-state index contributed by atoms with van der Waals surface area (Å²) in [6.45, 7) is 0.510. The van der Waals surface area contributed by atoms with Gasteiger partial charge in [0.15, 0.2) is 12.4 Å². The minimum atomic E-state index is -4.49. The van der Waals surface area contributed by atoms with Crippen LogP contribution in [0.3, 0.4) is 0 Å². The molecule has 11 nitrogen and oxygen atoms in total. The highest BCUT2D eigenvalue weighted by Crippen LogP contribution is 2.37. The molecule has 0 radical (unpaired) electrons. The van der Waals surface area contributed by atoms with Crippen LogP contribution in [-0.4, -0.2) is 82.2 Å². The fourth-order valence-corrected chi connectivity index (χ4v) is 4.77. The van der Waals surface area contributed by atoms with Crippen LogP contribution in [0.5, 0.6) is 23.4 Å². The Morgan fingerprint density at radius 2 is 1.73 bits per heavy atom. The molecule has 1 N–H and O–H groups in total. The molecule has 1 aromatic carbocycles. The van der Waals surface area contributed by atoms with Crippen molar-refractivity contribution in [1.29, 1.82) is 0 Å². The van der Waals surface area contributed by atoms with Crippen molar-refractivity contribution in [3.05, 3.63) is 54.0 Å². The summed E-state index contributed by atoms with van der Waals surface area (Å²) in [6, 6.07) is 6.64. The van der Waals surface area contributed by atoms with Crippen molar-refractivity contribution in [1.82, 2.24) is 25.1 Å². The van der Waals surface area contributed by atoms with Gasteiger partial charge >= 0.3 is 18.2 Å². The predicted molar refractivity (Wildman–Crippen MR) is 138 cm³/mol.